The monoisotopic (exact) mass is 324 g/mol. The molecule has 2 unspecified atom stereocenters. The van der Waals surface area contributed by atoms with E-state index in [4.69, 9.17) is 4.74 Å². The largest absolute Gasteiger partial charge is 0.497 e. The van der Waals surface area contributed by atoms with Crippen molar-refractivity contribution in [1.29, 1.82) is 0 Å². The Morgan fingerprint density at radius 2 is 2.16 bits per heavy atom. The minimum atomic E-state index is 0.464. The van der Waals surface area contributed by atoms with E-state index < -0.39 is 0 Å². The van der Waals surface area contributed by atoms with Gasteiger partial charge in [-0.2, -0.15) is 0 Å². The van der Waals surface area contributed by atoms with Crippen molar-refractivity contribution in [3.8, 4) is 5.75 Å². The van der Waals surface area contributed by atoms with Gasteiger partial charge in [0.05, 0.1) is 7.11 Å². The van der Waals surface area contributed by atoms with Gasteiger partial charge < -0.3 is 4.74 Å². The van der Waals surface area contributed by atoms with E-state index in [9.17, 15) is 0 Å². The van der Waals surface area contributed by atoms with Crippen molar-refractivity contribution in [2.24, 2.45) is 11.3 Å². The molecule has 0 aromatic heterocycles. The van der Waals surface area contributed by atoms with Crippen LogP contribution in [0.4, 0.5) is 0 Å². The summed E-state index contributed by atoms with van der Waals surface area (Å²) in [6.07, 6.45) is 6.58. The lowest BCUT2D eigenvalue weighted by Crippen LogP contribution is -2.35. The Balaban J connectivity index is 2.05. The van der Waals surface area contributed by atoms with Gasteiger partial charge in [0, 0.05) is 4.83 Å². The zero-order chi connectivity index (χ0) is 13.9. The predicted molar refractivity (Wildman–Crippen MR) is 85.2 cm³/mol. The van der Waals surface area contributed by atoms with Crippen molar-refractivity contribution in [3.05, 3.63) is 29.8 Å². The normalized spacial score (nSPS) is 23.9. The lowest BCUT2D eigenvalue weighted by atomic mass is 9.67. The maximum absolute atomic E-state index is 5.31. The molecule has 0 saturated heterocycles. The Morgan fingerprint density at radius 1 is 1.37 bits per heavy atom. The first-order chi connectivity index (χ1) is 9.03. The number of hydrogen-bond acceptors (Lipinski definition) is 1. The average Bonchev–Trinajstić information content (AvgIpc) is 2.38. The summed E-state index contributed by atoms with van der Waals surface area (Å²) in [5, 5.41) is 0. The second-order valence-corrected chi connectivity index (χ2v) is 7.59. The van der Waals surface area contributed by atoms with Crippen LogP contribution in [0.2, 0.25) is 0 Å². The molecule has 2 rings (SSSR count). The van der Waals surface area contributed by atoms with Crippen molar-refractivity contribution in [3.63, 3.8) is 0 Å². The Morgan fingerprint density at radius 3 is 2.84 bits per heavy atom. The molecule has 1 aliphatic carbocycles. The summed E-state index contributed by atoms with van der Waals surface area (Å²) in [6.45, 7) is 4.85. The lowest BCUT2D eigenvalue weighted by molar-refractivity contribution is 0.136. The van der Waals surface area contributed by atoms with E-state index in [2.05, 4.69) is 48.0 Å². The molecule has 1 aromatic carbocycles. The fourth-order valence-corrected chi connectivity index (χ4v) is 4.71. The minimum absolute atomic E-state index is 0.464. The third-order valence-corrected chi connectivity index (χ3v) is 5.55. The van der Waals surface area contributed by atoms with Crippen LogP contribution in [0.1, 0.15) is 45.1 Å². The highest BCUT2D eigenvalue weighted by atomic mass is 79.9. The summed E-state index contributed by atoms with van der Waals surface area (Å²) < 4.78 is 5.31. The van der Waals surface area contributed by atoms with E-state index in [0.29, 0.717) is 10.2 Å². The quantitative estimate of drug-likeness (QED) is 0.690. The molecular formula is C17H25BrO. The maximum atomic E-state index is 5.31. The van der Waals surface area contributed by atoms with Gasteiger partial charge in [0.1, 0.15) is 5.75 Å². The van der Waals surface area contributed by atoms with Gasteiger partial charge in [-0.3, -0.25) is 0 Å². The number of rotatable bonds is 4. The smallest absolute Gasteiger partial charge is 0.119 e. The standard InChI is InChI=1S/C17H25BrO/c1-17(2)10-5-4-9-15(17)16(18)12-13-7-6-8-14(11-13)19-3/h6-8,11,15-16H,4-5,9-10,12H2,1-3H3. The van der Waals surface area contributed by atoms with E-state index in [1.807, 2.05) is 6.07 Å². The second kappa shape index (κ2) is 6.30. The van der Waals surface area contributed by atoms with Crippen LogP contribution in [0.5, 0.6) is 5.75 Å². The molecule has 0 N–H and O–H groups in total. The zero-order valence-electron chi connectivity index (χ0n) is 12.3. The van der Waals surface area contributed by atoms with Crippen LogP contribution in [-0.2, 0) is 6.42 Å². The third-order valence-electron chi connectivity index (χ3n) is 4.59. The molecule has 1 saturated carbocycles. The fraction of sp³-hybridized carbons (Fsp3) is 0.647. The molecule has 0 heterocycles. The molecule has 0 radical (unpaired) electrons. The molecule has 0 aliphatic heterocycles. The Labute approximate surface area is 125 Å². The summed E-state index contributed by atoms with van der Waals surface area (Å²) in [6, 6.07) is 8.45. The van der Waals surface area contributed by atoms with E-state index in [1.165, 1.54) is 31.2 Å². The molecule has 0 bridgehead atoms. The number of halogens is 1. The first-order valence-electron chi connectivity index (χ1n) is 7.30. The van der Waals surface area contributed by atoms with Crippen molar-refractivity contribution < 1.29 is 4.74 Å². The molecule has 2 atom stereocenters. The van der Waals surface area contributed by atoms with Gasteiger partial charge in [0.2, 0.25) is 0 Å². The number of methoxy groups -OCH3 is 1. The molecule has 2 heteroatoms. The molecule has 1 aliphatic rings. The number of ether oxygens (including phenoxy) is 1. The first-order valence-corrected chi connectivity index (χ1v) is 8.21. The van der Waals surface area contributed by atoms with Crippen molar-refractivity contribution in [2.75, 3.05) is 7.11 Å². The molecule has 1 nitrogen and oxygen atoms in total. The van der Waals surface area contributed by atoms with E-state index in [1.54, 1.807) is 7.11 Å². The van der Waals surface area contributed by atoms with Gasteiger partial charge in [0.15, 0.2) is 0 Å². The SMILES string of the molecule is COc1cccc(CC(Br)C2CCCCC2(C)C)c1. The van der Waals surface area contributed by atoms with Crippen LogP contribution in [0.15, 0.2) is 24.3 Å². The van der Waals surface area contributed by atoms with Gasteiger partial charge in [-0.1, -0.05) is 54.8 Å². The Kier molecular flexibility index (Phi) is 4.94. The summed E-state index contributed by atoms with van der Waals surface area (Å²) in [5.41, 5.74) is 1.83. The van der Waals surface area contributed by atoms with Crippen LogP contribution in [-0.4, -0.2) is 11.9 Å². The molecule has 19 heavy (non-hydrogen) atoms. The number of hydrogen-bond donors (Lipinski definition) is 0. The first kappa shape index (κ1) is 14.9. The van der Waals surface area contributed by atoms with Gasteiger partial charge >= 0.3 is 0 Å². The van der Waals surface area contributed by atoms with Crippen LogP contribution >= 0.6 is 15.9 Å². The maximum Gasteiger partial charge on any atom is 0.119 e. The molecule has 1 aromatic rings. The Bertz CT molecular complexity index is 413. The summed E-state index contributed by atoms with van der Waals surface area (Å²) in [5.74, 6) is 1.73. The average molecular weight is 325 g/mol. The summed E-state index contributed by atoms with van der Waals surface area (Å²) in [7, 11) is 1.73. The molecule has 106 valence electrons. The predicted octanol–water partition coefficient (Wildman–Crippen LogP) is 5.22. The lowest BCUT2D eigenvalue weighted by Gasteiger charge is -2.41. The van der Waals surface area contributed by atoms with Crippen molar-refractivity contribution in [1.82, 2.24) is 0 Å². The minimum Gasteiger partial charge on any atom is -0.497 e. The van der Waals surface area contributed by atoms with E-state index in [-0.39, 0.29) is 0 Å². The second-order valence-electron chi connectivity index (χ2n) is 6.41. The van der Waals surface area contributed by atoms with Crippen LogP contribution < -0.4 is 4.74 Å². The highest BCUT2D eigenvalue weighted by Crippen LogP contribution is 2.45. The van der Waals surface area contributed by atoms with Gasteiger partial charge in [-0.15, -0.1) is 0 Å². The summed E-state index contributed by atoms with van der Waals surface area (Å²) >= 11 is 3.96. The van der Waals surface area contributed by atoms with Crippen molar-refractivity contribution >= 4 is 15.9 Å². The fourth-order valence-electron chi connectivity index (χ4n) is 3.36. The van der Waals surface area contributed by atoms with E-state index >= 15 is 0 Å². The van der Waals surface area contributed by atoms with Crippen LogP contribution in [0.25, 0.3) is 0 Å². The molecule has 1 fully saturated rings. The summed E-state index contributed by atoms with van der Waals surface area (Å²) in [4.78, 5) is 0.565. The van der Waals surface area contributed by atoms with Crippen LogP contribution in [0, 0.1) is 11.3 Å². The third kappa shape index (κ3) is 3.75. The van der Waals surface area contributed by atoms with Crippen LogP contribution in [0.3, 0.4) is 0 Å². The van der Waals surface area contributed by atoms with Gasteiger partial charge in [0.25, 0.3) is 0 Å². The Hall–Kier alpha value is -0.500. The van der Waals surface area contributed by atoms with E-state index in [0.717, 1.165) is 18.1 Å². The number of alkyl halides is 1. The molecular weight excluding hydrogens is 300 g/mol. The topological polar surface area (TPSA) is 9.23 Å². The zero-order valence-corrected chi connectivity index (χ0v) is 13.9. The molecule has 0 spiro atoms. The van der Waals surface area contributed by atoms with Gasteiger partial charge in [-0.25, -0.2) is 0 Å². The van der Waals surface area contributed by atoms with Crippen molar-refractivity contribution in [2.45, 2.75) is 50.8 Å². The highest BCUT2D eigenvalue weighted by Gasteiger charge is 2.36. The number of benzene rings is 1. The molecule has 0 amide bonds. The highest BCUT2D eigenvalue weighted by molar-refractivity contribution is 9.09. The van der Waals surface area contributed by atoms with Gasteiger partial charge in [-0.05, 0) is 48.3 Å².